The number of amides is 1. The first-order valence-corrected chi connectivity index (χ1v) is 7.95. The molecule has 124 valence electrons. The molecule has 3 rings (SSSR count). The van der Waals surface area contributed by atoms with Gasteiger partial charge in [-0.2, -0.15) is 0 Å². The van der Waals surface area contributed by atoms with Gasteiger partial charge in [0.25, 0.3) is 0 Å². The van der Waals surface area contributed by atoms with E-state index in [1.807, 2.05) is 29.2 Å². The van der Waals surface area contributed by atoms with Crippen LogP contribution in [-0.2, 0) is 4.79 Å². The Balaban J connectivity index is 1.55. The summed E-state index contributed by atoms with van der Waals surface area (Å²) >= 11 is 0. The maximum atomic E-state index is 12.9. The Hall–Kier alpha value is -2.82. The summed E-state index contributed by atoms with van der Waals surface area (Å²) in [5.41, 5.74) is 8.39. The van der Waals surface area contributed by atoms with Crippen LogP contribution in [0.5, 0.6) is 0 Å². The Morgan fingerprint density at radius 3 is 2.21 bits per heavy atom. The van der Waals surface area contributed by atoms with Gasteiger partial charge in [-0.25, -0.2) is 4.39 Å². The first-order chi connectivity index (χ1) is 11.6. The van der Waals surface area contributed by atoms with Gasteiger partial charge in [0.15, 0.2) is 0 Å². The summed E-state index contributed by atoms with van der Waals surface area (Å²) in [4.78, 5) is 16.3. The average molecular weight is 325 g/mol. The fraction of sp³-hybridized carbons (Fsp3) is 0.211. The maximum absolute atomic E-state index is 12.9. The van der Waals surface area contributed by atoms with Crippen LogP contribution in [0.1, 0.15) is 5.56 Å². The van der Waals surface area contributed by atoms with Crippen molar-refractivity contribution in [1.29, 1.82) is 0 Å². The van der Waals surface area contributed by atoms with Crippen LogP contribution in [0.2, 0.25) is 0 Å². The topological polar surface area (TPSA) is 49.6 Å². The molecule has 24 heavy (non-hydrogen) atoms. The van der Waals surface area contributed by atoms with Gasteiger partial charge >= 0.3 is 0 Å². The number of nitrogen functional groups attached to an aromatic ring is 1. The van der Waals surface area contributed by atoms with Crippen LogP contribution in [0.4, 0.5) is 15.8 Å². The molecule has 0 aliphatic carbocycles. The predicted octanol–water partition coefficient (Wildman–Crippen LogP) is 2.77. The van der Waals surface area contributed by atoms with Gasteiger partial charge in [-0.3, -0.25) is 4.79 Å². The van der Waals surface area contributed by atoms with Crippen LogP contribution in [0, 0.1) is 5.82 Å². The number of carbonyl (C=O) groups is 1. The van der Waals surface area contributed by atoms with E-state index in [0.29, 0.717) is 13.1 Å². The molecule has 1 aliphatic rings. The lowest BCUT2D eigenvalue weighted by molar-refractivity contribution is -0.126. The molecule has 0 saturated carbocycles. The van der Waals surface area contributed by atoms with E-state index in [4.69, 9.17) is 5.73 Å². The third-order valence-corrected chi connectivity index (χ3v) is 4.14. The molecule has 0 spiro atoms. The summed E-state index contributed by atoms with van der Waals surface area (Å²) in [6.07, 6.45) is 3.26. The fourth-order valence-electron chi connectivity index (χ4n) is 2.72. The predicted molar refractivity (Wildman–Crippen MR) is 95.1 cm³/mol. The molecule has 1 aliphatic heterocycles. The standard InChI is InChI=1S/C19H20FN3O/c20-16-4-1-15(2-5-16)3-10-19(24)23-13-11-22(12-14-23)18-8-6-17(21)7-9-18/h1-10H,11-14,21H2/b10-3+. The summed E-state index contributed by atoms with van der Waals surface area (Å²) in [5.74, 6) is -0.298. The van der Waals surface area contributed by atoms with Crippen LogP contribution in [0.3, 0.4) is 0 Å². The number of nitrogens with zero attached hydrogens (tertiary/aromatic N) is 2. The Bertz CT molecular complexity index is 717. The van der Waals surface area contributed by atoms with Crippen LogP contribution in [-0.4, -0.2) is 37.0 Å². The molecule has 0 radical (unpaired) electrons. The van der Waals surface area contributed by atoms with Crippen molar-refractivity contribution in [2.45, 2.75) is 0 Å². The minimum Gasteiger partial charge on any atom is -0.399 e. The zero-order valence-electron chi connectivity index (χ0n) is 13.4. The smallest absolute Gasteiger partial charge is 0.246 e. The Labute approximate surface area is 141 Å². The normalized spacial score (nSPS) is 15.0. The number of hydrogen-bond acceptors (Lipinski definition) is 3. The van der Waals surface area contributed by atoms with Gasteiger partial charge < -0.3 is 15.5 Å². The second kappa shape index (κ2) is 7.17. The number of piperazine rings is 1. The SMILES string of the molecule is Nc1ccc(N2CCN(C(=O)/C=C/c3ccc(F)cc3)CC2)cc1. The van der Waals surface area contributed by atoms with E-state index in [-0.39, 0.29) is 11.7 Å². The molecule has 0 aromatic heterocycles. The second-order valence-electron chi connectivity index (χ2n) is 5.79. The van der Waals surface area contributed by atoms with Gasteiger partial charge in [0, 0.05) is 43.6 Å². The van der Waals surface area contributed by atoms with Crippen molar-refractivity contribution in [3.05, 3.63) is 66.0 Å². The van der Waals surface area contributed by atoms with Crippen molar-refractivity contribution in [2.24, 2.45) is 0 Å². The molecule has 2 aromatic rings. The lowest BCUT2D eigenvalue weighted by Gasteiger charge is -2.35. The summed E-state index contributed by atoms with van der Waals surface area (Å²) in [6.45, 7) is 2.94. The van der Waals surface area contributed by atoms with E-state index < -0.39 is 0 Å². The minimum atomic E-state index is -0.280. The summed E-state index contributed by atoms with van der Waals surface area (Å²) in [5, 5.41) is 0. The fourth-order valence-corrected chi connectivity index (χ4v) is 2.72. The molecule has 0 atom stereocenters. The van der Waals surface area contributed by atoms with Crippen molar-refractivity contribution >= 4 is 23.4 Å². The third-order valence-electron chi connectivity index (χ3n) is 4.14. The number of rotatable bonds is 3. The molecule has 2 N–H and O–H groups in total. The Morgan fingerprint density at radius 1 is 0.958 bits per heavy atom. The lowest BCUT2D eigenvalue weighted by atomic mass is 10.2. The number of carbonyl (C=O) groups excluding carboxylic acids is 1. The van der Waals surface area contributed by atoms with Crippen molar-refractivity contribution < 1.29 is 9.18 Å². The number of nitrogens with two attached hydrogens (primary N) is 1. The third kappa shape index (κ3) is 3.93. The molecule has 5 heteroatoms. The molecular formula is C19H20FN3O. The molecule has 1 amide bonds. The number of hydrogen-bond donors (Lipinski definition) is 1. The van der Waals surface area contributed by atoms with E-state index >= 15 is 0 Å². The first-order valence-electron chi connectivity index (χ1n) is 7.95. The molecule has 1 fully saturated rings. The highest BCUT2D eigenvalue weighted by atomic mass is 19.1. The zero-order valence-corrected chi connectivity index (χ0v) is 13.4. The lowest BCUT2D eigenvalue weighted by Crippen LogP contribution is -2.48. The van der Waals surface area contributed by atoms with Crippen molar-refractivity contribution in [3.8, 4) is 0 Å². The second-order valence-corrected chi connectivity index (χ2v) is 5.79. The van der Waals surface area contributed by atoms with Crippen LogP contribution in [0.15, 0.2) is 54.6 Å². The van der Waals surface area contributed by atoms with Gasteiger partial charge in [0.2, 0.25) is 5.91 Å². The number of benzene rings is 2. The highest BCUT2D eigenvalue weighted by Crippen LogP contribution is 2.18. The van der Waals surface area contributed by atoms with Gasteiger partial charge in [-0.05, 0) is 48.0 Å². The van der Waals surface area contributed by atoms with Crippen LogP contribution >= 0.6 is 0 Å². The largest absolute Gasteiger partial charge is 0.399 e. The highest BCUT2D eigenvalue weighted by molar-refractivity contribution is 5.92. The van der Waals surface area contributed by atoms with E-state index in [2.05, 4.69) is 4.90 Å². The number of halogens is 1. The molecule has 1 heterocycles. The minimum absolute atomic E-state index is 0.0173. The first kappa shape index (κ1) is 16.1. The van der Waals surface area contributed by atoms with Gasteiger partial charge in [0.1, 0.15) is 5.82 Å². The van der Waals surface area contributed by atoms with E-state index in [1.54, 1.807) is 24.3 Å². The van der Waals surface area contributed by atoms with Crippen molar-refractivity contribution in [3.63, 3.8) is 0 Å². The van der Waals surface area contributed by atoms with E-state index in [1.165, 1.54) is 12.1 Å². The zero-order chi connectivity index (χ0) is 16.9. The molecule has 0 bridgehead atoms. The molecule has 4 nitrogen and oxygen atoms in total. The summed E-state index contributed by atoms with van der Waals surface area (Å²) in [7, 11) is 0. The van der Waals surface area contributed by atoms with Crippen molar-refractivity contribution in [2.75, 3.05) is 36.8 Å². The van der Waals surface area contributed by atoms with Crippen molar-refractivity contribution in [1.82, 2.24) is 4.90 Å². The Kier molecular flexibility index (Phi) is 4.79. The molecule has 1 saturated heterocycles. The van der Waals surface area contributed by atoms with Crippen LogP contribution < -0.4 is 10.6 Å². The summed E-state index contributed by atoms with van der Waals surface area (Å²) < 4.78 is 12.9. The maximum Gasteiger partial charge on any atom is 0.246 e. The van der Waals surface area contributed by atoms with Gasteiger partial charge in [-0.15, -0.1) is 0 Å². The highest BCUT2D eigenvalue weighted by Gasteiger charge is 2.19. The molecule has 2 aromatic carbocycles. The van der Waals surface area contributed by atoms with E-state index in [0.717, 1.165) is 30.0 Å². The number of anilines is 2. The molecular weight excluding hydrogens is 305 g/mol. The van der Waals surface area contributed by atoms with E-state index in [9.17, 15) is 9.18 Å². The molecule has 0 unspecified atom stereocenters. The average Bonchev–Trinajstić information content (AvgIpc) is 2.62. The van der Waals surface area contributed by atoms with Gasteiger partial charge in [-0.1, -0.05) is 12.1 Å². The summed E-state index contributed by atoms with van der Waals surface area (Å²) in [6, 6.07) is 13.8. The monoisotopic (exact) mass is 325 g/mol. The quantitative estimate of drug-likeness (QED) is 0.697. The Morgan fingerprint density at radius 2 is 1.58 bits per heavy atom. The van der Waals surface area contributed by atoms with Gasteiger partial charge in [0.05, 0.1) is 0 Å². The van der Waals surface area contributed by atoms with Crippen LogP contribution in [0.25, 0.3) is 6.08 Å².